The largest absolute Gasteiger partial charge is 0.294 e. The maximum absolute atomic E-state index is 10.9. The number of benzene rings is 1. The van der Waals surface area contributed by atoms with Gasteiger partial charge in [0.1, 0.15) is 10.8 Å². The zero-order valence-corrected chi connectivity index (χ0v) is 10.1. The van der Waals surface area contributed by atoms with E-state index in [0.717, 1.165) is 11.3 Å². The number of rotatable bonds is 2. The predicted molar refractivity (Wildman–Crippen MR) is 64.7 cm³/mol. The molecule has 6 heteroatoms. The summed E-state index contributed by atoms with van der Waals surface area (Å²) in [5.41, 5.74) is 1.94. The third kappa shape index (κ3) is 1.89. The van der Waals surface area contributed by atoms with Crippen molar-refractivity contribution in [2.24, 2.45) is 0 Å². The molecule has 17 heavy (non-hydrogen) atoms. The molecule has 88 valence electrons. The summed E-state index contributed by atoms with van der Waals surface area (Å²) in [5.74, 6) is 0. The highest BCUT2D eigenvalue weighted by Gasteiger charge is 2.19. The highest BCUT2D eigenvalue weighted by molar-refractivity contribution is 6.30. The van der Waals surface area contributed by atoms with Gasteiger partial charge in [-0.1, -0.05) is 23.7 Å². The molecule has 1 heterocycles. The molecule has 0 radical (unpaired) electrons. The Morgan fingerprint density at radius 1 is 1.35 bits per heavy atom. The fraction of sp³-hybridized carbons (Fsp3) is 0.182. The molecule has 1 aromatic heterocycles. The lowest BCUT2D eigenvalue weighted by Gasteiger charge is -2.03. The first kappa shape index (κ1) is 11.6. The Balaban J connectivity index is 2.68. The Morgan fingerprint density at radius 3 is 2.53 bits per heavy atom. The van der Waals surface area contributed by atoms with Gasteiger partial charge in [0.25, 0.3) is 5.69 Å². The second-order valence-electron chi connectivity index (χ2n) is 3.66. The van der Waals surface area contributed by atoms with Crippen LogP contribution < -0.4 is 0 Å². The second kappa shape index (κ2) is 4.18. The lowest BCUT2D eigenvalue weighted by molar-refractivity contribution is -0.384. The summed E-state index contributed by atoms with van der Waals surface area (Å²) in [6.07, 6.45) is 0. The maximum Gasteiger partial charge on any atom is 0.294 e. The van der Waals surface area contributed by atoms with Crippen molar-refractivity contribution < 1.29 is 4.92 Å². The molecular weight excluding hydrogens is 242 g/mol. The van der Waals surface area contributed by atoms with Crippen LogP contribution in [0.4, 0.5) is 5.69 Å². The molecule has 1 aromatic carbocycles. The van der Waals surface area contributed by atoms with Gasteiger partial charge in [-0.05, 0) is 19.9 Å². The van der Waals surface area contributed by atoms with Gasteiger partial charge in [0.2, 0.25) is 0 Å². The van der Waals surface area contributed by atoms with Crippen molar-refractivity contribution in [3.63, 3.8) is 0 Å². The highest BCUT2D eigenvalue weighted by atomic mass is 35.5. The number of hydrogen-bond donors (Lipinski definition) is 0. The van der Waals surface area contributed by atoms with Crippen molar-refractivity contribution in [2.75, 3.05) is 0 Å². The van der Waals surface area contributed by atoms with Gasteiger partial charge in [0.15, 0.2) is 0 Å². The van der Waals surface area contributed by atoms with Crippen molar-refractivity contribution >= 4 is 17.3 Å². The summed E-state index contributed by atoms with van der Waals surface area (Å²) in [6.45, 7) is 3.64. The van der Waals surface area contributed by atoms with Gasteiger partial charge < -0.3 is 0 Å². The van der Waals surface area contributed by atoms with Gasteiger partial charge in [0, 0.05) is 11.6 Å². The molecule has 0 aliphatic carbocycles. The number of hydrogen-bond acceptors (Lipinski definition) is 3. The van der Waals surface area contributed by atoms with Crippen LogP contribution in [-0.4, -0.2) is 14.7 Å². The van der Waals surface area contributed by atoms with E-state index in [1.54, 1.807) is 18.2 Å². The average molecular weight is 252 g/mol. The average Bonchev–Trinajstić information content (AvgIpc) is 2.57. The van der Waals surface area contributed by atoms with Crippen LogP contribution in [0, 0.1) is 24.0 Å². The van der Waals surface area contributed by atoms with Crippen LogP contribution in [0.1, 0.15) is 11.3 Å². The molecule has 5 nitrogen and oxygen atoms in total. The van der Waals surface area contributed by atoms with Crippen molar-refractivity contribution in [1.82, 2.24) is 9.78 Å². The van der Waals surface area contributed by atoms with E-state index in [1.807, 2.05) is 13.8 Å². The topological polar surface area (TPSA) is 61.0 Å². The standard InChI is InChI=1S/C11H10ClN3O2/c1-7-8(2)13-14(11(7)12)9-5-3-4-6-10(9)15(16)17/h3-6H,1-2H3. The molecule has 0 atom stereocenters. The van der Waals surface area contributed by atoms with Gasteiger partial charge in [-0.2, -0.15) is 5.10 Å². The van der Waals surface area contributed by atoms with Gasteiger partial charge in [-0.25, -0.2) is 4.68 Å². The van der Waals surface area contributed by atoms with Crippen LogP contribution in [0.3, 0.4) is 0 Å². The van der Waals surface area contributed by atoms with E-state index in [2.05, 4.69) is 5.10 Å². The molecule has 0 spiro atoms. The quantitative estimate of drug-likeness (QED) is 0.609. The number of aryl methyl sites for hydroxylation is 1. The molecule has 0 aliphatic heterocycles. The number of nitrogens with zero attached hydrogens (tertiary/aromatic N) is 3. The van der Waals surface area contributed by atoms with Crippen LogP contribution >= 0.6 is 11.6 Å². The summed E-state index contributed by atoms with van der Waals surface area (Å²) < 4.78 is 1.39. The van der Waals surface area contributed by atoms with Gasteiger partial charge >= 0.3 is 0 Å². The normalized spacial score (nSPS) is 10.5. The minimum Gasteiger partial charge on any atom is -0.258 e. The monoisotopic (exact) mass is 251 g/mol. The Bertz CT molecular complexity index is 592. The smallest absolute Gasteiger partial charge is 0.258 e. The third-order valence-electron chi connectivity index (χ3n) is 2.59. The molecule has 0 fully saturated rings. The molecule has 2 rings (SSSR count). The molecule has 0 amide bonds. The fourth-order valence-electron chi connectivity index (χ4n) is 1.53. The number of halogens is 1. The molecule has 0 N–H and O–H groups in total. The summed E-state index contributed by atoms with van der Waals surface area (Å²) >= 11 is 6.10. The van der Waals surface area contributed by atoms with E-state index < -0.39 is 4.92 Å². The summed E-state index contributed by atoms with van der Waals surface area (Å²) in [7, 11) is 0. The molecule has 0 unspecified atom stereocenters. The van der Waals surface area contributed by atoms with Crippen LogP contribution in [0.15, 0.2) is 24.3 Å². The van der Waals surface area contributed by atoms with Crippen molar-refractivity contribution in [3.05, 3.63) is 50.8 Å². The summed E-state index contributed by atoms with van der Waals surface area (Å²) in [6, 6.07) is 6.37. The zero-order valence-electron chi connectivity index (χ0n) is 9.35. The number of nitro groups is 1. The minimum absolute atomic E-state index is 0.0168. The van der Waals surface area contributed by atoms with Gasteiger partial charge in [0.05, 0.1) is 10.6 Å². The number of para-hydroxylation sites is 2. The Kier molecular flexibility index (Phi) is 2.85. The van der Waals surface area contributed by atoms with E-state index in [9.17, 15) is 10.1 Å². The number of aromatic nitrogens is 2. The first-order valence-electron chi connectivity index (χ1n) is 4.98. The summed E-state index contributed by atoms with van der Waals surface area (Å²) in [5, 5.41) is 15.5. The van der Waals surface area contributed by atoms with E-state index in [0.29, 0.717) is 10.8 Å². The van der Waals surface area contributed by atoms with Crippen molar-refractivity contribution in [3.8, 4) is 5.69 Å². The zero-order chi connectivity index (χ0) is 12.6. The SMILES string of the molecule is Cc1nn(-c2ccccc2[N+](=O)[O-])c(Cl)c1C. The van der Waals surface area contributed by atoms with Crippen LogP contribution in [0.25, 0.3) is 5.69 Å². The third-order valence-corrected chi connectivity index (χ3v) is 3.04. The first-order valence-corrected chi connectivity index (χ1v) is 5.35. The van der Waals surface area contributed by atoms with E-state index in [1.165, 1.54) is 10.7 Å². The Morgan fingerprint density at radius 2 is 2.00 bits per heavy atom. The number of nitro benzene ring substituents is 1. The summed E-state index contributed by atoms with van der Waals surface area (Å²) in [4.78, 5) is 10.5. The van der Waals surface area contributed by atoms with E-state index in [-0.39, 0.29) is 5.69 Å². The molecule has 0 saturated heterocycles. The van der Waals surface area contributed by atoms with E-state index >= 15 is 0 Å². The Hall–Kier alpha value is -1.88. The van der Waals surface area contributed by atoms with Crippen molar-refractivity contribution in [2.45, 2.75) is 13.8 Å². The first-order chi connectivity index (χ1) is 8.02. The van der Waals surface area contributed by atoms with Crippen LogP contribution in [-0.2, 0) is 0 Å². The molecule has 2 aromatic rings. The molecule has 0 bridgehead atoms. The molecular formula is C11H10ClN3O2. The van der Waals surface area contributed by atoms with E-state index in [4.69, 9.17) is 11.6 Å². The fourth-order valence-corrected chi connectivity index (χ4v) is 1.80. The predicted octanol–water partition coefficient (Wildman–Crippen LogP) is 3.05. The van der Waals surface area contributed by atoms with Crippen LogP contribution in [0.5, 0.6) is 0 Å². The molecule has 0 aliphatic rings. The Labute approximate surface area is 103 Å². The second-order valence-corrected chi connectivity index (χ2v) is 4.02. The van der Waals surface area contributed by atoms with Gasteiger partial charge in [-0.15, -0.1) is 0 Å². The highest BCUT2D eigenvalue weighted by Crippen LogP contribution is 2.27. The lowest BCUT2D eigenvalue weighted by atomic mass is 10.2. The lowest BCUT2D eigenvalue weighted by Crippen LogP contribution is -2.01. The minimum atomic E-state index is -0.446. The van der Waals surface area contributed by atoms with Crippen molar-refractivity contribution in [1.29, 1.82) is 0 Å². The molecule has 0 saturated carbocycles. The van der Waals surface area contributed by atoms with Crippen LogP contribution in [0.2, 0.25) is 5.15 Å². The maximum atomic E-state index is 10.9. The van der Waals surface area contributed by atoms with Gasteiger partial charge in [-0.3, -0.25) is 10.1 Å².